The van der Waals surface area contributed by atoms with Crippen LogP contribution < -0.4 is 5.19 Å². The normalized spacial score (nSPS) is 15.7. The van der Waals surface area contributed by atoms with E-state index in [0.717, 1.165) is 0 Å². The van der Waals surface area contributed by atoms with Gasteiger partial charge < -0.3 is 0 Å². The average molecular weight is 246 g/mol. The van der Waals surface area contributed by atoms with Gasteiger partial charge in [-0.2, -0.15) is 0 Å². The molecular weight excluding hydrogens is 220 g/mol. The van der Waals surface area contributed by atoms with Crippen LogP contribution in [-0.2, 0) is 12.8 Å². The van der Waals surface area contributed by atoms with Gasteiger partial charge in [0.1, 0.15) is 0 Å². The van der Waals surface area contributed by atoms with Crippen molar-refractivity contribution in [2.24, 2.45) is 0 Å². The van der Waals surface area contributed by atoms with Crippen LogP contribution >= 0.6 is 0 Å². The summed E-state index contributed by atoms with van der Waals surface area (Å²) in [4.78, 5) is 0. The minimum absolute atomic E-state index is 1.15. The number of aryl methyl sites for hydroxylation is 2. The Morgan fingerprint density at radius 1 is 0.882 bits per heavy atom. The number of fused-ring (bicyclic) bond motifs is 1. The van der Waals surface area contributed by atoms with Crippen molar-refractivity contribution < 1.29 is 0 Å². The minimum atomic E-state index is -1.15. The zero-order valence-electron chi connectivity index (χ0n) is 11.7. The van der Waals surface area contributed by atoms with E-state index in [1.54, 1.807) is 16.3 Å². The van der Waals surface area contributed by atoms with Gasteiger partial charge in [-0.3, -0.25) is 0 Å². The maximum absolute atomic E-state index is 2.58. The Balaban J connectivity index is 2.38. The fourth-order valence-corrected chi connectivity index (χ4v) is 7.07. The smallest absolute Gasteiger partial charge is 0.0675 e. The Kier molecular flexibility index (Phi) is 4.08. The van der Waals surface area contributed by atoms with E-state index in [-0.39, 0.29) is 0 Å². The highest BCUT2D eigenvalue weighted by molar-refractivity contribution is 6.91. The molecule has 0 atom stereocenters. The minimum Gasteiger partial charge on any atom is -0.0675 e. The number of hydrogen-bond donors (Lipinski definition) is 0. The average Bonchev–Trinajstić information content (AvgIpc) is 2.41. The Labute approximate surface area is 107 Å². The van der Waals surface area contributed by atoms with Crippen LogP contribution in [0.5, 0.6) is 0 Å². The molecular formula is C16H26Si. The predicted molar refractivity (Wildman–Crippen MR) is 79.9 cm³/mol. The molecule has 0 heterocycles. The van der Waals surface area contributed by atoms with Crippen LogP contribution in [0.3, 0.4) is 0 Å². The standard InChI is InChI=1S/C16H26Si/c1-4-17(5-2,6-3)16-12-11-14-9-7-8-10-15(14)13-16/h11-13H,4-10H2,1-3H3. The summed E-state index contributed by atoms with van der Waals surface area (Å²) in [6.07, 6.45) is 5.43. The molecule has 1 aliphatic carbocycles. The van der Waals surface area contributed by atoms with Gasteiger partial charge >= 0.3 is 0 Å². The van der Waals surface area contributed by atoms with Gasteiger partial charge in [0, 0.05) is 0 Å². The highest BCUT2D eigenvalue weighted by atomic mass is 28.3. The summed E-state index contributed by atoms with van der Waals surface area (Å²) >= 11 is 0. The Morgan fingerprint density at radius 2 is 1.47 bits per heavy atom. The molecule has 0 fully saturated rings. The van der Waals surface area contributed by atoms with Crippen LogP contribution in [0.4, 0.5) is 0 Å². The van der Waals surface area contributed by atoms with Gasteiger partial charge in [-0.25, -0.2) is 0 Å². The van der Waals surface area contributed by atoms with Crippen LogP contribution in [-0.4, -0.2) is 8.07 Å². The molecule has 0 saturated carbocycles. The first-order valence-corrected chi connectivity index (χ1v) is 10.00. The van der Waals surface area contributed by atoms with E-state index in [9.17, 15) is 0 Å². The van der Waals surface area contributed by atoms with Crippen molar-refractivity contribution in [2.45, 2.75) is 64.6 Å². The van der Waals surface area contributed by atoms with E-state index in [1.807, 2.05) is 0 Å². The third-order valence-corrected chi connectivity index (χ3v) is 10.6. The van der Waals surface area contributed by atoms with Crippen LogP contribution in [0.2, 0.25) is 18.1 Å². The van der Waals surface area contributed by atoms with E-state index in [0.29, 0.717) is 0 Å². The summed E-state index contributed by atoms with van der Waals surface area (Å²) < 4.78 is 0. The fraction of sp³-hybridized carbons (Fsp3) is 0.625. The van der Waals surface area contributed by atoms with Crippen molar-refractivity contribution in [3.8, 4) is 0 Å². The lowest BCUT2D eigenvalue weighted by molar-refractivity contribution is 0.686. The lowest BCUT2D eigenvalue weighted by atomic mass is 9.92. The molecule has 0 amide bonds. The van der Waals surface area contributed by atoms with Gasteiger partial charge in [0.05, 0.1) is 8.07 Å². The Hall–Kier alpha value is -0.563. The molecule has 0 unspecified atom stereocenters. The van der Waals surface area contributed by atoms with E-state index < -0.39 is 8.07 Å². The van der Waals surface area contributed by atoms with Crippen LogP contribution in [0, 0.1) is 0 Å². The topological polar surface area (TPSA) is 0 Å². The van der Waals surface area contributed by atoms with Crippen LogP contribution in [0.1, 0.15) is 44.7 Å². The first-order chi connectivity index (χ1) is 8.25. The summed E-state index contributed by atoms with van der Waals surface area (Å²) in [6, 6.07) is 11.7. The second-order valence-corrected chi connectivity index (χ2v) is 10.8. The monoisotopic (exact) mass is 246 g/mol. The first kappa shape index (κ1) is 12.9. The summed E-state index contributed by atoms with van der Waals surface area (Å²) in [5, 5.41) is 1.73. The second kappa shape index (κ2) is 5.39. The quantitative estimate of drug-likeness (QED) is 0.696. The fourth-order valence-electron chi connectivity index (χ4n) is 3.43. The molecule has 0 saturated heterocycles. The largest absolute Gasteiger partial charge is 0.0859 e. The first-order valence-electron chi connectivity index (χ1n) is 7.38. The van der Waals surface area contributed by atoms with Gasteiger partial charge in [0.25, 0.3) is 0 Å². The molecule has 1 aromatic carbocycles. The molecule has 2 rings (SSSR count). The third-order valence-electron chi connectivity index (χ3n) is 4.99. The molecule has 1 heteroatoms. The van der Waals surface area contributed by atoms with Crippen molar-refractivity contribution in [2.75, 3.05) is 0 Å². The van der Waals surface area contributed by atoms with Crippen molar-refractivity contribution in [3.63, 3.8) is 0 Å². The van der Waals surface area contributed by atoms with Gasteiger partial charge in [0.2, 0.25) is 0 Å². The Bertz CT molecular complexity index is 369. The molecule has 0 aromatic heterocycles. The van der Waals surface area contributed by atoms with Crippen molar-refractivity contribution >= 4 is 13.3 Å². The molecule has 0 N–H and O–H groups in total. The summed E-state index contributed by atoms with van der Waals surface area (Å²) in [6.45, 7) is 7.20. The number of rotatable bonds is 4. The zero-order chi connectivity index (χ0) is 12.3. The number of hydrogen-bond acceptors (Lipinski definition) is 0. The SMILES string of the molecule is CC[Si](CC)(CC)c1ccc2c(c1)CCCC2. The van der Waals surface area contributed by atoms with Gasteiger partial charge in [0.15, 0.2) is 0 Å². The number of benzene rings is 1. The summed E-state index contributed by atoms with van der Waals surface area (Å²) in [5.74, 6) is 0. The maximum atomic E-state index is 2.58. The van der Waals surface area contributed by atoms with E-state index in [2.05, 4.69) is 39.0 Å². The molecule has 17 heavy (non-hydrogen) atoms. The van der Waals surface area contributed by atoms with Gasteiger partial charge in [-0.15, -0.1) is 0 Å². The summed E-state index contributed by atoms with van der Waals surface area (Å²) in [7, 11) is -1.15. The van der Waals surface area contributed by atoms with Crippen molar-refractivity contribution in [3.05, 3.63) is 29.3 Å². The molecule has 0 spiro atoms. The molecule has 1 aromatic rings. The molecule has 94 valence electrons. The zero-order valence-corrected chi connectivity index (χ0v) is 12.7. The predicted octanol–water partition coefficient (Wildman–Crippen LogP) is 4.28. The van der Waals surface area contributed by atoms with Crippen molar-refractivity contribution in [1.82, 2.24) is 0 Å². The summed E-state index contributed by atoms with van der Waals surface area (Å²) in [5.41, 5.74) is 3.30. The molecule has 0 aliphatic heterocycles. The van der Waals surface area contributed by atoms with Crippen LogP contribution in [0.15, 0.2) is 18.2 Å². The molecule has 0 radical (unpaired) electrons. The highest BCUT2D eigenvalue weighted by Gasteiger charge is 2.29. The third kappa shape index (κ3) is 2.35. The van der Waals surface area contributed by atoms with Gasteiger partial charge in [-0.1, -0.05) is 62.3 Å². The van der Waals surface area contributed by atoms with E-state index >= 15 is 0 Å². The van der Waals surface area contributed by atoms with E-state index in [1.165, 1.54) is 43.8 Å². The van der Waals surface area contributed by atoms with Crippen molar-refractivity contribution in [1.29, 1.82) is 0 Å². The second-order valence-electron chi connectivity index (χ2n) is 5.53. The van der Waals surface area contributed by atoms with Gasteiger partial charge in [-0.05, 0) is 36.8 Å². The van der Waals surface area contributed by atoms with Crippen LogP contribution in [0.25, 0.3) is 0 Å². The highest BCUT2D eigenvalue weighted by Crippen LogP contribution is 2.24. The van der Waals surface area contributed by atoms with E-state index in [4.69, 9.17) is 0 Å². The Morgan fingerprint density at radius 3 is 2.06 bits per heavy atom. The molecule has 0 bridgehead atoms. The molecule has 1 aliphatic rings. The lowest BCUT2D eigenvalue weighted by Gasteiger charge is -2.30. The molecule has 0 nitrogen and oxygen atoms in total. The maximum Gasteiger partial charge on any atom is 0.0859 e. The lowest BCUT2D eigenvalue weighted by Crippen LogP contribution is -2.46.